The van der Waals surface area contributed by atoms with Gasteiger partial charge in [-0.1, -0.05) is 0 Å². The predicted molar refractivity (Wildman–Crippen MR) is 113 cm³/mol. The topological polar surface area (TPSA) is 88.9 Å². The van der Waals surface area contributed by atoms with Gasteiger partial charge in [0, 0.05) is 49.4 Å². The summed E-state index contributed by atoms with van der Waals surface area (Å²) in [5, 5.41) is 11.9. The summed E-state index contributed by atoms with van der Waals surface area (Å²) in [6, 6.07) is 3.58. The first-order chi connectivity index (χ1) is 15.5. The highest BCUT2D eigenvalue weighted by Gasteiger charge is 2.22. The summed E-state index contributed by atoms with van der Waals surface area (Å²) in [5.74, 6) is -1.92. The van der Waals surface area contributed by atoms with Crippen molar-refractivity contribution in [2.45, 2.75) is 19.3 Å². The smallest absolute Gasteiger partial charge is 0.410 e. The third-order valence-corrected chi connectivity index (χ3v) is 5.52. The highest BCUT2D eigenvalue weighted by Crippen LogP contribution is 2.33. The number of aromatic amines is 1. The maximum absolute atomic E-state index is 14.9. The number of carbonyl (C=O) groups excluding carboxylic acids is 1. The van der Waals surface area contributed by atoms with Crippen LogP contribution in [0.25, 0.3) is 33.4 Å². The van der Waals surface area contributed by atoms with Gasteiger partial charge in [0.2, 0.25) is 0 Å². The highest BCUT2D eigenvalue weighted by molar-refractivity contribution is 5.94. The van der Waals surface area contributed by atoms with Gasteiger partial charge in [-0.25, -0.2) is 13.6 Å². The summed E-state index contributed by atoms with van der Waals surface area (Å²) in [7, 11) is 1.79. The van der Waals surface area contributed by atoms with Crippen molar-refractivity contribution in [3.05, 3.63) is 48.4 Å². The van der Waals surface area contributed by atoms with E-state index in [0.29, 0.717) is 29.7 Å². The molecule has 4 aromatic rings. The van der Waals surface area contributed by atoms with Crippen LogP contribution in [0.3, 0.4) is 0 Å². The third-order valence-electron chi connectivity index (χ3n) is 5.52. The van der Waals surface area contributed by atoms with Crippen LogP contribution in [0.5, 0.6) is 5.75 Å². The molecule has 4 heterocycles. The SMILES string of the molecule is Cn1cc(-c2n[nH]c3cnc(-c4c(F)cc(OC(=O)N5CCCCC5)cc4F)cc23)cn1. The van der Waals surface area contributed by atoms with Crippen molar-refractivity contribution in [1.29, 1.82) is 0 Å². The van der Waals surface area contributed by atoms with Gasteiger partial charge in [0.25, 0.3) is 0 Å². The molecule has 0 radical (unpaired) electrons. The van der Waals surface area contributed by atoms with E-state index in [2.05, 4.69) is 20.3 Å². The Bertz CT molecular complexity index is 1290. The molecule has 1 aliphatic rings. The minimum Gasteiger partial charge on any atom is -0.410 e. The molecule has 1 saturated heterocycles. The maximum atomic E-state index is 14.9. The molecule has 1 aliphatic heterocycles. The lowest BCUT2D eigenvalue weighted by Crippen LogP contribution is -2.37. The number of piperidine rings is 1. The Labute approximate surface area is 181 Å². The monoisotopic (exact) mass is 438 g/mol. The van der Waals surface area contributed by atoms with Gasteiger partial charge < -0.3 is 9.64 Å². The van der Waals surface area contributed by atoms with E-state index in [1.165, 1.54) is 6.20 Å². The summed E-state index contributed by atoms with van der Waals surface area (Å²) in [4.78, 5) is 18.0. The van der Waals surface area contributed by atoms with Crippen molar-refractivity contribution < 1.29 is 18.3 Å². The van der Waals surface area contributed by atoms with Crippen LogP contribution in [0.4, 0.5) is 13.6 Å². The Hall–Kier alpha value is -3.82. The number of pyridine rings is 1. The van der Waals surface area contributed by atoms with E-state index in [0.717, 1.165) is 37.0 Å². The van der Waals surface area contributed by atoms with Gasteiger partial charge in [-0.3, -0.25) is 14.8 Å². The number of fused-ring (bicyclic) bond motifs is 1. The molecule has 10 heteroatoms. The zero-order valence-corrected chi connectivity index (χ0v) is 17.3. The van der Waals surface area contributed by atoms with Crippen molar-refractivity contribution in [3.8, 4) is 28.3 Å². The number of carbonyl (C=O) groups is 1. The number of nitrogens with one attached hydrogen (secondary N) is 1. The first-order valence-electron chi connectivity index (χ1n) is 10.3. The summed E-state index contributed by atoms with van der Waals surface area (Å²) in [5.41, 5.74) is 1.79. The van der Waals surface area contributed by atoms with E-state index in [1.807, 2.05) is 0 Å². The van der Waals surface area contributed by atoms with Gasteiger partial charge >= 0.3 is 6.09 Å². The highest BCUT2D eigenvalue weighted by atomic mass is 19.1. The molecule has 8 nitrogen and oxygen atoms in total. The number of halogens is 2. The van der Waals surface area contributed by atoms with Crippen molar-refractivity contribution in [2.75, 3.05) is 13.1 Å². The number of ether oxygens (including phenoxy) is 1. The van der Waals surface area contributed by atoms with Crippen LogP contribution >= 0.6 is 0 Å². The van der Waals surface area contributed by atoms with Crippen molar-refractivity contribution in [2.24, 2.45) is 7.05 Å². The second kappa shape index (κ2) is 8.03. The normalized spacial score (nSPS) is 14.2. The van der Waals surface area contributed by atoms with E-state index in [9.17, 15) is 13.6 Å². The zero-order chi connectivity index (χ0) is 22.2. The molecular formula is C22H20F2N6O2. The van der Waals surface area contributed by atoms with E-state index >= 15 is 0 Å². The number of aromatic nitrogens is 5. The average Bonchev–Trinajstić information content (AvgIpc) is 3.39. The number of H-pyrrole nitrogens is 1. The number of likely N-dealkylation sites (tertiary alicyclic amines) is 1. The Morgan fingerprint density at radius 2 is 1.84 bits per heavy atom. The number of nitrogens with zero attached hydrogens (tertiary/aromatic N) is 5. The predicted octanol–water partition coefficient (Wildman–Crippen LogP) is 4.29. The number of hydrogen-bond acceptors (Lipinski definition) is 5. The zero-order valence-electron chi connectivity index (χ0n) is 17.3. The van der Waals surface area contributed by atoms with Crippen LogP contribution in [0.2, 0.25) is 0 Å². The molecule has 0 bridgehead atoms. The fraction of sp³-hybridized carbons (Fsp3) is 0.273. The second-order valence-corrected chi connectivity index (χ2v) is 7.77. The Balaban J connectivity index is 1.47. The number of hydrogen-bond donors (Lipinski definition) is 1. The first-order valence-corrected chi connectivity index (χ1v) is 10.3. The van der Waals surface area contributed by atoms with Crippen LogP contribution in [0.15, 0.2) is 36.8 Å². The van der Waals surface area contributed by atoms with Crippen molar-refractivity contribution >= 4 is 17.0 Å². The standard InChI is InChI=1S/C22H20F2N6O2/c1-29-12-13(10-26-29)21-15-9-18(25-11-19(15)27-28-21)20-16(23)7-14(8-17(20)24)32-22(31)30-5-3-2-4-6-30/h7-12H,2-6H2,1H3,(H,27,28). The number of rotatable bonds is 3. The van der Waals surface area contributed by atoms with Crippen LogP contribution in [0, 0.1) is 11.6 Å². The van der Waals surface area contributed by atoms with Gasteiger partial charge in [-0.15, -0.1) is 0 Å². The molecule has 1 amide bonds. The Morgan fingerprint density at radius 1 is 1.09 bits per heavy atom. The van der Waals surface area contributed by atoms with Gasteiger partial charge in [-0.2, -0.15) is 10.2 Å². The molecule has 1 N–H and O–H groups in total. The summed E-state index contributed by atoms with van der Waals surface area (Å²) in [6.07, 6.45) is 7.15. The second-order valence-electron chi connectivity index (χ2n) is 7.77. The minimum absolute atomic E-state index is 0.105. The molecule has 1 aromatic carbocycles. The lowest BCUT2D eigenvalue weighted by molar-refractivity contribution is 0.142. The summed E-state index contributed by atoms with van der Waals surface area (Å²) in [6.45, 7) is 1.16. The molecule has 32 heavy (non-hydrogen) atoms. The molecule has 5 rings (SSSR count). The molecule has 0 unspecified atom stereocenters. The molecule has 0 aliphatic carbocycles. The average molecular weight is 438 g/mol. The summed E-state index contributed by atoms with van der Waals surface area (Å²) < 4.78 is 36.7. The first kappa shape index (κ1) is 20.1. The van der Waals surface area contributed by atoms with E-state index in [-0.39, 0.29) is 17.0 Å². The molecule has 164 valence electrons. The Kier molecular flexibility index (Phi) is 5.04. The minimum atomic E-state index is -0.871. The van der Waals surface area contributed by atoms with E-state index < -0.39 is 17.7 Å². The third kappa shape index (κ3) is 3.68. The lowest BCUT2D eigenvalue weighted by Gasteiger charge is -2.25. The molecule has 0 saturated carbocycles. The number of benzene rings is 1. The van der Waals surface area contributed by atoms with Crippen molar-refractivity contribution in [1.82, 2.24) is 29.9 Å². The maximum Gasteiger partial charge on any atom is 0.415 e. The van der Waals surface area contributed by atoms with Gasteiger partial charge in [0.05, 0.1) is 29.2 Å². The van der Waals surface area contributed by atoms with Gasteiger partial charge in [-0.05, 0) is 25.3 Å². The number of amides is 1. The summed E-state index contributed by atoms with van der Waals surface area (Å²) >= 11 is 0. The lowest BCUT2D eigenvalue weighted by atomic mass is 10.1. The van der Waals surface area contributed by atoms with Crippen molar-refractivity contribution in [3.63, 3.8) is 0 Å². The van der Waals surface area contributed by atoms with Gasteiger partial charge in [0.15, 0.2) is 0 Å². The van der Waals surface area contributed by atoms with Crippen LogP contribution in [0.1, 0.15) is 19.3 Å². The van der Waals surface area contributed by atoms with Gasteiger partial charge in [0.1, 0.15) is 23.1 Å². The van der Waals surface area contributed by atoms with Crippen LogP contribution in [-0.2, 0) is 7.05 Å². The number of aryl methyl sites for hydroxylation is 1. The molecule has 0 spiro atoms. The Morgan fingerprint density at radius 3 is 2.53 bits per heavy atom. The van der Waals surface area contributed by atoms with Crippen LogP contribution < -0.4 is 4.74 Å². The van der Waals surface area contributed by atoms with E-state index in [1.54, 1.807) is 35.1 Å². The quantitative estimate of drug-likeness (QED) is 0.516. The molecular weight excluding hydrogens is 418 g/mol. The van der Waals surface area contributed by atoms with E-state index in [4.69, 9.17) is 4.74 Å². The van der Waals surface area contributed by atoms with Crippen LogP contribution in [-0.4, -0.2) is 49.0 Å². The molecule has 1 fully saturated rings. The fourth-order valence-electron chi connectivity index (χ4n) is 3.91. The molecule has 3 aromatic heterocycles. The largest absolute Gasteiger partial charge is 0.415 e. The molecule has 0 atom stereocenters. The fourth-order valence-corrected chi connectivity index (χ4v) is 3.91.